The second-order valence-electron chi connectivity index (χ2n) is 6.70. The molecule has 110 valence electrons. The van der Waals surface area contributed by atoms with E-state index in [-0.39, 0.29) is 16.3 Å². The molecule has 0 aliphatic carbocycles. The molecule has 0 bridgehead atoms. The summed E-state index contributed by atoms with van der Waals surface area (Å²) < 4.78 is 0. The first-order valence-electron chi connectivity index (χ1n) is 7.03. The molecule has 0 unspecified atom stereocenters. The summed E-state index contributed by atoms with van der Waals surface area (Å²) in [5.41, 5.74) is 2.26. The van der Waals surface area contributed by atoms with Crippen molar-refractivity contribution in [2.75, 3.05) is 17.6 Å². The van der Waals surface area contributed by atoms with Gasteiger partial charge in [0.05, 0.1) is 4.87 Å². The first kappa shape index (κ1) is 15.2. The number of anilines is 1. The third-order valence-corrected chi connectivity index (χ3v) is 4.98. The van der Waals surface area contributed by atoms with Crippen molar-refractivity contribution >= 4 is 23.5 Å². The minimum Gasteiger partial charge on any atom is -0.310 e. The Kier molecular flexibility index (Phi) is 4.05. The van der Waals surface area contributed by atoms with Crippen LogP contribution in [0.2, 0.25) is 0 Å². The molecular weight excluding hydrogens is 268 g/mol. The van der Waals surface area contributed by atoms with E-state index in [0.29, 0.717) is 0 Å². The Balaban J connectivity index is 2.05. The highest BCUT2D eigenvalue weighted by Gasteiger charge is 2.36. The summed E-state index contributed by atoms with van der Waals surface area (Å²) in [4.78, 5) is 14.1. The van der Waals surface area contributed by atoms with Crippen molar-refractivity contribution in [3.8, 4) is 0 Å². The van der Waals surface area contributed by atoms with E-state index in [0.717, 1.165) is 18.0 Å². The minimum atomic E-state index is -0.116. The Morgan fingerprint density at radius 3 is 2.30 bits per heavy atom. The van der Waals surface area contributed by atoms with E-state index in [1.807, 2.05) is 28.8 Å². The predicted octanol–water partition coefficient (Wildman–Crippen LogP) is 4.30. The van der Waals surface area contributed by atoms with Gasteiger partial charge in [0.2, 0.25) is 0 Å². The number of carbonyl (C=O) groups excluding carboxylic acids is 1. The number of benzene rings is 1. The van der Waals surface area contributed by atoms with Gasteiger partial charge >= 0.3 is 6.03 Å². The first-order chi connectivity index (χ1) is 9.20. The lowest BCUT2D eigenvalue weighted by Crippen LogP contribution is -2.43. The number of hydrogen-bond donors (Lipinski definition) is 1. The van der Waals surface area contributed by atoms with Gasteiger partial charge in [-0.25, -0.2) is 4.79 Å². The fourth-order valence-electron chi connectivity index (χ4n) is 2.32. The van der Waals surface area contributed by atoms with E-state index in [1.165, 1.54) is 5.56 Å². The summed E-state index contributed by atoms with van der Waals surface area (Å²) in [6.07, 6.45) is 0. The first-order valence-corrected chi connectivity index (χ1v) is 8.02. The molecule has 0 aromatic heterocycles. The lowest BCUT2D eigenvalue weighted by atomic mass is 9.87. The van der Waals surface area contributed by atoms with Crippen molar-refractivity contribution in [2.24, 2.45) is 0 Å². The third kappa shape index (κ3) is 3.29. The molecule has 0 spiro atoms. The molecule has 3 nitrogen and oxygen atoms in total. The van der Waals surface area contributed by atoms with Crippen LogP contribution in [-0.4, -0.2) is 28.1 Å². The average Bonchev–Trinajstić information content (AvgIpc) is 2.68. The molecule has 1 aliphatic heterocycles. The van der Waals surface area contributed by atoms with Crippen molar-refractivity contribution in [1.29, 1.82) is 0 Å². The topological polar surface area (TPSA) is 32.3 Å². The van der Waals surface area contributed by atoms with Crippen LogP contribution in [0.4, 0.5) is 10.5 Å². The van der Waals surface area contributed by atoms with E-state index >= 15 is 0 Å². The average molecular weight is 292 g/mol. The number of amides is 2. The van der Waals surface area contributed by atoms with Crippen LogP contribution < -0.4 is 5.32 Å². The molecule has 1 aromatic rings. The summed E-state index contributed by atoms with van der Waals surface area (Å²) in [6, 6.07) is 8.12. The number of hydrogen-bond acceptors (Lipinski definition) is 2. The molecule has 1 aromatic carbocycles. The standard InChI is InChI=1S/C16H24N2OS/c1-15(2,3)12-6-8-13(9-7-12)17-14(19)18-10-11-20-16(18,4)5/h6-9H,10-11H2,1-5H3,(H,17,19). The Hall–Kier alpha value is -1.16. The number of carbonyl (C=O) groups is 1. The number of nitrogens with one attached hydrogen (secondary N) is 1. The van der Waals surface area contributed by atoms with E-state index in [2.05, 4.69) is 52.1 Å². The van der Waals surface area contributed by atoms with Gasteiger partial charge in [0.1, 0.15) is 0 Å². The lowest BCUT2D eigenvalue weighted by molar-refractivity contribution is 0.198. The van der Waals surface area contributed by atoms with Gasteiger partial charge in [-0.3, -0.25) is 0 Å². The zero-order valence-electron chi connectivity index (χ0n) is 13.0. The molecule has 20 heavy (non-hydrogen) atoms. The quantitative estimate of drug-likeness (QED) is 0.837. The van der Waals surface area contributed by atoms with Crippen molar-refractivity contribution in [3.63, 3.8) is 0 Å². The van der Waals surface area contributed by atoms with Crippen molar-refractivity contribution in [2.45, 2.75) is 44.9 Å². The van der Waals surface area contributed by atoms with Gasteiger partial charge in [-0.2, -0.15) is 0 Å². The zero-order valence-corrected chi connectivity index (χ0v) is 13.8. The Labute approximate surface area is 126 Å². The summed E-state index contributed by atoms with van der Waals surface area (Å²) in [6.45, 7) is 11.5. The highest BCUT2D eigenvalue weighted by atomic mass is 32.2. The van der Waals surface area contributed by atoms with Crippen LogP contribution in [0, 0.1) is 0 Å². The zero-order chi connectivity index (χ0) is 15.0. The molecular formula is C16H24N2OS. The van der Waals surface area contributed by atoms with Crippen LogP contribution >= 0.6 is 11.8 Å². The summed E-state index contributed by atoms with van der Waals surface area (Å²) in [5, 5.41) is 2.99. The SMILES string of the molecule is CC(C)(C)c1ccc(NC(=O)N2CCSC2(C)C)cc1. The molecule has 2 amide bonds. The molecule has 4 heteroatoms. The number of rotatable bonds is 1. The number of nitrogens with zero attached hydrogens (tertiary/aromatic N) is 1. The van der Waals surface area contributed by atoms with Crippen LogP contribution in [0.15, 0.2) is 24.3 Å². The fourth-order valence-corrected chi connectivity index (χ4v) is 3.43. The molecule has 1 saturated heterocycles. The van der Waals surface area contributed by atoms with E-state index in [1.54, 1.807) is 0 Å². The smallest absolute Gasteiger partial charge is 0.310 e. The van der Waals surface area contributed by atoms with Crippen LogP contribution in [0.25, 0.3) is 0 Å². The molecule has 1 fully saturated rings. The van der Waals surface area contributed by atoms with Crippen LogP contribution in [0.3, 0.4) is 0 Å². The monoisotopic (exact) mass is 292 g/mol. The highest BCUT2D eigenvalue weighted by molar-refractivity contribution is 8.00. The molecule has 2 rings (SSSR count). The van der Waals surface area contributed by atoms with Crippen molar-refractivity contribution < 1.29 is 4.79 Å². The van der Waals surface area contributed by atoms with E-state index in [9.17, 15) is 4.79 Å². The van der Waals surface area contributed by atoms with Crippen LogP contribution in [-0.2, 0) is 5.41 Å². The Bertz CT molecular complexity index is 488. The Morgan fingerprint density at radius 1 is 1.25 bits per heavy atom. The summed E-state index contributed by atoms with van der Waals surface area (Å²) in [5.74, 6) is 1.00. The van der Waals surface area contributed by atoms with Crippen LogP contribution in [0.5, 0.6) is 0 Å². The summed E-state index contributed by atoms with van der Waals surface area (Å²) >= 11 is 1.82. The van der Waals surface area contributed by atoms with Gasteiger partial charge in [-0.15, -0.1) is 11.8 Å². The van der Waals surface area contributed by atoms with Crippen molar-refractivity contribution in [1.82, 2.24) is 4.90 Å². The van der Waals surface area contributed by atoms with Crippen molar-refractivity contribution in [3.05, 3.63) is 29.8 Å². The largest absolute Gasteiger partial charge is 0.322 e. The van der Waals surface area contributed by atoms with Gasteiger partial charge < -0.3 is 10.2 Å². The highest BCUT2D eigenvalue weighted by Crippen LogP contribution is 2.35. The fraction of sp³-hybridized carbons (Fsp3) is 0.562. The second-order valence-corrected chi connectivity index (χ2v) is 8.40. The molecule has 1 heterocycles. The summed E-state index contributed by atoms with van der Waals surface area (Å²) in [7, 11) is 0. The molecule has 0 atom stereocenters. The van der Waals surface area contributed by atoms with Crippen LogP contribution in [0.1, 0.15) is 40.2 Å². The second kappa shape index (κ2) is 5.32. The number of thioether (sulfide) groups is 1. The normalized spacial score (nSPS) is 18.1. The van der Waals surface area contributed by atoms with Gasteiger partial charge in [0.25, 0.3) is 0 Å². The van der Waals surface area contributed by atoms with Gasteiger partial charge in [0.15, 0.2) is 0 Å². The molecule has 0 radical (unpaired) electrons. The maximum Gasteiger partial charge on any atom is 0.322 e. The van der Waals surface area contributed by atoms with Gasteiger partial charge in [-0.1, -0.05) is 32.9 Å². The molecule has 1 aliphatic rings. The third-order valence-electron chi connectivity index (χ3n) is 3.67. The van der Waals surface area contributed by atoms with Gasteiger partial charge in [0, 0.05) is 18.0 Å². The number of urea groups is 1. The van der Waals surface area contributed by atoms with E-state index < -0.39 is 0 Å². The maximum atomic E-state index is 12.3. The predicted molar refractivity (Wildman–Crippen MR) is 87.4 cm³/mol. The lowest BCUT2D eigenvalue weighted by Gasteiger charge is -2.30. The van der Waals surface area contributed by atoms with Gasteiger partial charge in [-0.05, 0) is 37.0 Å². The minimum absolute atomic E-state index is 0.0106. The Morgan fingerprint density at radius 2 is 1.85 bits per heavy atom. The molecule has 0 saturated carbocycles. The molecule has 1 N–H and O–H groups in total. The maximum absolute atomic E-state index is 12.3. The van der Waals surface area contributed by atoms with E-state index in [4.69, 9.17) is 0 Å².